The molecule has 0 fully saturated rings. The summed E-state index contributed by atoms with van der Waals surface area (Å²) in [6.07, 6.45) is 1.46. The zero-order valence-electron chi connectivity index (χ0n) is 15.0. The molecule has 0 spiro atoms. The van der Waals surface area contributed by atoms with Gasteiger partial charge in [0.05, 0.1) is 12.3 Å². The molecule has 27 heavy (non-hydrogen) atoms. The van der Waals surface area contributed by atoms with Crippen LogP contribution in [0.2, 0.25) is 0 Å². The van der Waals surface area contributed by atoms with E-state index in [1.165, 1.54) is 13.0 Å². The molecule has 0 saturated carbocycles. The summed E-state index contributed by atoms with van der Waals surface area (Å²) in [5, 5.41) is 10.2. The minimum absolute atomic E-state index is 0.0423. The van der Waals surface area contributed by atoms with E-state index in [1.54, 1.807) is 30.3 Å². The van der Waals surface area contributed by atoms with Gasteiger partial charge in [-0.3, -0.25) is 4.79 Å². The molecule has 0 radical (unpaired) electrons. The van der Waals surface area contributed by atoms with Crippen molar-refractivity contribution in [2.45, 2.75) is 26.7 Å². The fraction of sp³-hybridized carbons (Fsp3) is 0.250. The van der Waals surface area contributed by atoms with Crippen LogP contribution < -0.4 is 5.56 Å². The van der Waals surface area contributed by atoms with Gasteiger partial charge in [0.2, 0.25) is 5.95 Å². The fourth-order valence-electron chi connectivity index (χ4n) is 2.75. The zero-order chi connectivity index (χ0) is 19.6. The molecule has 1 N–H and O–H groups in total. The van der Waals surface area contributed by atoms with E-state index in [9.17, 15) is 19.1 Å². The minimum atomic E-state index is -0.920. The lowest BCUT2D eigenvalue weighted by molar-refractivity contribution is 0.0498. The Morgan fingerprint density at radius 3 is 2.67 bits per heavy atom. The number of aromatic nitrogens is 2. The van der Waals surface area contributed by atoms with Gasteiger partial charge in [0.15, 0.2) is 17.0 Å². The summed E-state index contributed by atoms with van der Waals surface area (Å²) in [6, 6.07) is 9.74. The number of hydrogen-bond donors (Lipinski definition) is 1. The van der Waals surface area contributed by atoms with Crippen molar-refractivity contribution in [1.29, 1.82) is 0 Å². The number of benzene rings is 1. The maximum atomic E-state index is 14.6. The minimum Gasteiger partial charge on any atom is -0.504 e. The highest BCUT2D eigenvalue weighted by molar-refractivity contribution is 5.96. The molecule has 0 aliphatic heterocycles. The third kappa shape index (κ3) is 3.40. The molecular weight excluding hydrogens is 351 g/mol. The van der Waals surface area contributed by atoms with Crippen molar-refractivity contribution in [2.75, 3.05) is 6.61 Å². The summed E-state index contributed by atoms with van der Waals surface area (Å²) >= 11 is 0. The molecule has 0 atom stereocenters. The molecule has 140 valence electrons. The lowest BCUT2D eigenvalue weighted by Crippen LogP contribution is -2.28. The van der Waals surface area contributed by atoms with Crippen LogP contribution in [0.5, 0.6) is 5.75 Å². The standard InChI is InChI=1S/C20H19FN2O4/c1-3-4-10-27-20(26)15-16(13-8-6-5-7-9-13)22-18-14(24)11-12(2)17(21)23(18)19(15)25/h5-9,11,24H,3-4,10H2,1-2H3. The average Bonchev–Trinajstić information content (AvgIpc) is 2.66. The van der Waals surface area contributed by atoms with Gasteiger partial charge in [0.25, 0.3) is 5.56 Å². The Morgan fingerprint density at radius 2 is 2.00 bits per heavy atom. The first-order valence-electron chi connectivity index (χ1n) is 8.63. The number of rotatable bonds is 5. The Kier molecular flexibility index (Phi) is 5.21. The molecule has 2 heterocycles. The van der Waals surface area contributed by atoms with Crippen molar-refractivity contribution < 1.29 is 19.0 Å². The molecule has 0 saturated heterocycles. The monoisotopic (exact) mass is 370 g/mol. The van der Waals surface area contributed by atoms with E-state index in [2.05, 4.69) is 4.98 Å². The third-order valence-corrected chi connectivity index (χ3v) is 4.17. The van der Waals surface area contributed by atoms with Gasteiger partial charge in [-0.25, -0.2) is 14.2 Å². The summed E-state index contributed by atoms with van der Waals surface area (Å²) in [5.74, 6) is -2.11. The number of fused-ring (bicyclic) bond motifs is 1. The lowest BCUT2D eigenvalue weighted by atomic mass is 10.1. The van der Waals surface area contributed by atoms with Gasteiger partial charge in [-0.1, -0.05) is 43.7 Å². The molecule has 0 aliphatic carbocycles. The highest BCUT2D eigenvalue weighted by Crippen LogP contribution is 2.26. The molecule has 0 bridgehead atoms. The molecule has 6 nitrogen and oxygen atoms in total. The number of unbranched alkanes of at least 4 members (excludes halogenated alkanes) is 1. The first-order chi connectivity index (χ1) is 13.0. The van der Waals surface area contributed by atoms with E-state index < -0.39 is 17.5 Å². The van der Waals surface area contributed by atoms with Crippen LogP contribution in [0.3, 0.4) is 0 Å². The number of halogens is 1. The molecule has 1 aromatic carbocycles. The zero-order valence-corrected chi connectivity index (χ0v) is 15.0. The number of aryl methyl sites for hydroxylation is 1. The second kappa shape index (κ2) is 7.57. The number of carbonyl (C=O) groups excluding carboxylic acids is 1. The SMILES string of the molecule is CCCCOC(=O)c1c(-c2ccccc2)nc2c(O)cc(C)c(F)n2c1=O. The predicted molar refractivity (Wildman–Crippen MR) is 98.4 cm³/mol. The number of hydrogen-bond acceptors (Lipinski definition) is 5. The van der Waals surface area contributed by atoms with Crippen LogP contribution in [0.1, 0.15) is 35.7 Å². The highest BCUT2D eigenvalue weighted by Gasteiger charge is 2.25. The van der Waals surface area contributed by atoms with Crippen LogP contribution in [0.15, 0.2) is 41.2 Å². The first kappa shape index (κ1) is 18.6. The van der Waals surface area contributed by atoms with Gasteiger partial charge in [0.1, 0.15) is 0 Å². The number of carbonyl (C=O) groups is 1. The Morgan fingerprint density at radius 1 is 1.30 bits per heavy atom. The number of nitrogens with zero attached hydrogens (tertiary/aromatic N) is 2. The first-order valence-corrected chi connectivity index (χ1v) is 8.63. The van der Waals surface area contributed by atoms with Crippen LogP contribution in [0.25, 0.3) is 16.9 Å². The van der Waals surface area contributed by atoms with Crippen molar-refractivity contribution in [3.63, 3.8) is 0 Å². The van der Waals surface area contributed by atoms with E-state index in [0.717, 1.165) is 6.42 Å². The summed E-state index contributed by atoms with van der Waals surface area (Å²) in [5.41, 5.74) is -0.954. The van der Waals surface area contributed by atoms with Gasteiger partial charge < -0.3 is 9.84 Å². The van der Waals surface area contributed by atoms with Crippen LogP contribution in [-0.2, 0) is 4.74 Å². The molecule has 0 unspecified atom stereocenters. The summed E-state index contributed by atoms with van der Waals surface area (Å²) in [4.78, 5) is 29.8. The Labute approximate surface area is 154 Å². The molecule has 0 aliphatic rings. The Hall–Kier alpha value is -3.22. The molecular formula is C20H19FN2O4. The Balaban J connectivity index is 2.33. The van der Waals surface area contributed by atoms with Crippen LogP contribution >= 0.6 is 0 Å². The normalized spacial score (nSPS) is 10.9. The van der Waals surface area contributed by atoms with Gasteiger partial charge in [-0.05, 0) is 19.4 Å². The summed E-state index contributed by atoms with van der Waals surface area (Å²) < 4.78 is 20.4. The molecule has 3 aromatic rings. The lowest BCUT2D eigenvalue weighted by Gasteiger charge is -2.13. The number of esters is 1. The maximum absolute atomic E-state index is 14.6. The molecule has 2 aromatic heterocycles. The van der Waals surface area contributed by atoms with Gasteiger partial charge in [-0.15, -0.1) is 0 Å². The smallest absolute Gasteiger partial charge is 0.346 e. The van der Waals surface area contributed by atoms with Crippen molar-refractivity contribution in [1.82, 2.24) is 9.38 Å². The highest BCUT2D eigenvalue weighted by atomic mass is 19.1. The molecule has 7 heteroatoms. The van der Waals surface area contributed by atoms with Crippen molar-refractivity contribution >= 4 is 11.6 Å². The predicted octanol–water partition coefficient (Wildman–Crippen LogP) is 3.47. The molecule has 3 rings (SSSR count). The van der Waals surface area contributed by atoms with Crippen molar-refractivity contribution in [3.05, 3.63) is 63.8 Å². The van der Waals surface area contributed by atoms with Crippen LogP contribution in [-0.4, -0.2) is 27.1 Å². The number of aromatic hydroxyl groups is 1. The van der Waals surface area contributed by atoms with Gasteiger partial charge >= 0.3 is 5.97 Å². The van der Waals surface area contributed by atoms with Gasteiger partial charge in [-0.2, -0.15) is 4.39 Å². The fourth-order valence-corrected chi connectivity index (χ4v) is 2.75. The Bertz CT molecular complexity index is 1060. The van der Waals surface area contributed by atoms with Crippen molar-refractivity contribution in [2.24, 2.45) is 0 Å². The van der Waals surface area contributed by atoms with E-state index in [-0.39, 0.29) is 34.8 Å². The van der Waals surface area contributed by atoms with Gasteiger partial charge in [0, 0.05) is 11.1 Å². The van der Waals surface area contributed by atoms with E-state index in [4.69, 9.17) is 4.74 Å². The number of pyridine rings is 1. The van der Waals surface area contributed by atoms with Crippen LogP contribution in [0, 0.1) is 12.9 Å². The maximum Gasteiger partial charge on any atom is 0.346 e. The average molecular weight is 370 g/mol. The summed E-state index contributed by atoms with van der Waals surface area (Å²) in [7, 11) is 0. The number of ether oxygens (including phenoxy) is 1. The topological polar surface area (TPSA) is 80.9 Å². The van der Waals surface area contributed by atoms with E-state index in [0.29, 0.717) is 16.4 Å². The largest absolute Gasteiger partial charge is 0.504 e. The molecule has 0 amide bonds. The third-order valence-electron chi connectivity index (χ3n) is 4.17. The van der Waals surface area contributed by atoms with Crippen molar-refractivity contribution in [3.8, 4) is 17.0 Å². The van der Waals surface area contributed by atoms with Crippen LogP contribution in [0.4, 0.5) is 4.39 Å². The quantitative estimate of drug-likeness (QED) is 0.423. The van der Waals surface area contributed by atoms with E-state index in [1.807, 2.05) is 6.92 Å². The second-order valence-electron chi connectivity index (χ2n) is 6.16. The van der Waals surface area contributed by atoms with E-state index >= 15 is 0 Å². The summed E-state index contributed by atoms with van der Waals surface area (Å²) in [6.45, 7) is 3.50. The second-order valence-corrected chi connectivity index (χ2v) is 6.16.